The van der Waals surface area contributed by atoms with Gasteiger partial charge in [-0.1, -0.05) is 28.1 Å². The van der Waals surface area contributed by atoms with Gasteiger partial charge in [0.1, 0.15) is 11.5 Å². The summed E-state index contributed by atoms with van der Waals surface area (Å²) in [6.45, 7) is 2.30. The van der Waals surface area contributed by atoms with Gasteiger partial charge >= 0.3 is 0 Å². The molecule has 1 amide bonds. The summed E-state index contributed by atoms with van der Waals surface area (Å²) in [7, 11) is 1.63. The van der Waals surface area contributed by atoms with Crippen LogP contribution in [-0.4, -0.2) is 18.0 Å². The van der Waals surface area contributed by atoms with E-state index in [9.17, 15) is 4.79 Å². The minimum absolute atomic E-state index is 0.185. The first-order chi connectivity index (χ1) is 14.0. The highest BCUT2D eigenvalue weighted by Gasteiger charge is 2.16. The van der Waals surface area contributed by atoms with Crippen LogP contribution in [0.1, 0.15) is 21.7 Å². The number of halogens is 1. The number of methoxy groups -OCH3 is 1. The Morgan fingerprint density at radius 3 is 2.79 bits per heavy atom. The van der Waals surface area contributed by atoms with Crippen molar-refractivity contribution in [1.29, 1.82) is 0 Å². The van der Waals surface area contributed by atoms with E-state index >= 15 is 0 Å². The standard InChI is InChI=1S/C23H19BrN2O3/c1-14-9-16(24)11-19-20(23(27)25-13-18-7-4-8-29-18)12-21(26-22(14)19)15-5-3-6-17(10-15)28-2/h3-12H,13H2,1-2H3,(H,25,27). The number of nitrogens with zero attached hydrogens (tertiary/aromatic N) is 1. The van der Waals surface area contributed by atoms with Crippen molar-refractivity contribution in [2.24, 2.45) is 0 Å². The average molecular weight is 451 g/mol. The van der Waals surface area contributed by atoms with E-state index in [4.69, 9.17) is 14.1 Å². The number of aromatic nitrogens is 1. The largest absolute Gasteiger partial charge is 0.497 e. The van der Waals surface area contributed by atoms with Gasteiger partial charge in [0, 0.05) is 15.4 Å². The molecule has 2 heterocycles. The number of ether oxygens (including phenoxy) is 1. The van der Waals surface area contributed by atoms with E-state index in [1.807, 2.05) is 55.5 Å². The van der Waals surface area contributed by atoms with Crippen LogP contribution >= 0.6 is 15.9 Å². The number of aryl methyl sites for hydroxylation is 1. The molecule has 0 unspecified atom stereocenters. The Bertz CT molecular complexity index is 1190. The zero-order chi connectivity index (χ0) is 20.4. The molecule has 0 aliphatic rings. The van der Waals surface area contributed by atoms with E-state index in [1.54, 1.807) is 19.4 Å². The summed E-state index contributed by atoms with van der Waals surface area (Å²) < 4.78 is 11.6. The molecule has 1 N–H and O–H groups in total. The first-order valence-corrected chi connectivity index (χ1v) is 9.90. The Morgan fingerprint density at radius 2 is 2.03 bits per heavy atom. The van der Waals surface area contributed by atoms with Crippen molar-refractivity contribution < 1.29 is 13.9 Å². The summed E-state index contributed by atoms with van der Waals surface area (Å²) in [5.74, 6) is 1.25. The number of pyridine rings is 1. The summed E-state index contributed by atoms with van der Waals surface area (Å²) in [4.78, 5) is 17.9. The third-order valence-corrected chi connectivity index (χ3v) is 5.14. The molecule has 2 aromatic heterocycles. The third kappa shape index (κ3) is 4.03. The lowest BCUT2D eigenvalue weighted by atomic mass is 10.0. The molecule has 0 bridgehead atoms. The monoisotopic (exact) mass is 450 g/mol. The molecule has 0 atom stereocenters. The predicted molar refractivity (Wildman–Crippen MR) is 116 cm³/mol. The Balaban J connectivity index is 1.83. The Kier molecular flexibility index (Phi) is 5.36. The highest BCUT2D eigenvalue weighted by atomic mass is 79.9. The van der Waals surface area contributed by atoms with E-state index in [1.165, 1.54) is 0 Å². The maximum atomic E-state index is 13.1. The molecule has 0 fully saturated rings. The average Bonchev–Trinajstić information content (AvgIpc) is 3.25. The molecule has 4 rings (SSSR count). The number of hydrogen-bond acceptors (Lipinski definition) is 4. The van der Waals surface area contributed by atoms with Crippen LogP contribution in [0.4, 0.5) is 0 Å². The summed E-state index contributed by atoms with van der Waals surface area (Å²) in [5.41, 5.74) is 3.93. The van der Waals surface area contributed by atoms with E-state index < -0.39 is 0 Å². The molecule has 0 saturated heterocycles. The molecule has 0 saturated carbocycles. The van der Waals surface area contributed by atoms with Gasteiger partial charge in [0.2, 0.25) is 0 Å². The Hall–Kier alpha value is -3.12. The predicted octanol–water partition coefficient (Wildman–Crippen LogP) is 5.50. The maximum Gasteiger partial charge on any atom is 0.252 e. The highest BCUT2D eigenvalue weighted by Crippen LogP contribution is 2.30. The van der Waals surface area contributed by atoms with Crippen LogP contribution in [0, 0.1) is 6.92 Å². The summed E-state index contributed by atoms with van der Waals surface area (Å²) >= 11 is 3.53. The third-order valence-electron chi connectivity index (χ3n) is 4.68. The molecule has 4 aromatic rings. The molecule has 29 heavy (non-hydrogen) atoms. The lowest BCUT2D eigenvalue weighted by Gasteiger charge is -2.13. The van der Waals surface area contributed by atoms with Crippen LogP contribution in [0.15, 0.2) is 69.8 Å². The minimum Gasteiger partial charge on any atom is -0.497 e. The maximum absolute atomic E-state index is 13.1. The van der Waals surface area contributed by atoms with Gasteiger partial charge in [-0.25, -0.2) is 4.98 Å². The molecule has 2 aromatic carbocycles. The van der Waals surface area contributed by atoms with Gasteiger partial charge in [-0.05, 0) is 55.0 Å². The number of hydrogen-bond donors (Lipinski definition) is 1. The van der Waals surface area contributed by atoms with Crippen molar-refractivity contribution in [2.75, 3.05) is 7.11 Å². The molecule has 0 radical (unpaired) electrons. The first-order valence-electron chi connectivity index (χ1n) is 9.11. The van der Waals surface area contributed by atoms with Crippen molar-refractivity contribution in [1.82, 2.24) is 10.3 Å². The number of amides is 1. The Labute approximate surface area is 176 Å². The molecule has 0 aliphatic heterocycles. The van der Waals surface area contributed by atoms with Crippen molar-refractivity contribution in [2.45, 2.75) is 13.5 Å². The number of carbonyl (C=O) groups is 1. The van der Waals surface area contributed by atoms with Crippen LogP contribution in [-0.2, 0) is 6.54 Å². The topological polar surface area (TPSA) is 64.4 Å². The number of fused-ring (bicyclic) bond motifs is 1. The molecule has 0 spiro atoms. The fourth-order valence-corrected chi connectivity index (χ4v) is 3.82. The zero-order valence-electron chi connectivity index (χ0n) is 16.0. The van der Waals surface area contributed by atoms with E-state index in [0.29, 0.717) is 23.6 Å². The van der Waals surface area contributed by atoms with Crippen LogP contribution in [0.2, 0.25) is 0 Å². The second kappa shape index (κ2) is 8.09. The SMILES string of the molecule is COc1cccc(-c2cc(C(=O)NCc3ccco3)c3cc(Br)cc(C)c3n2)c1. The highest BCUT2D eigenvalue weighted by molar-refractivity contribution is 9.10. The number of benzene rings is 2. The molecule has 0 aliphatic carbocycles. The van der Waals surface area contributed by atoms with Crippen molar-refractivity contribution in [3.05, 3.63) is 82.2 Å². The van der Waals surface area contributed by atoms with Gasteiger partial charge in [0.25, 0.3) is 5.91 Å². The van der Waals surface area contributed by atoms with Gasteiger partial charge in [0.15, 0.2) is 0 Å². The van der Waals surface area contributed by atoms with E-state index in [2.05, 4.69) is 21.2 Å². The molecule has 5 nitrogen and oxygen atoms in total. The van der Waals surface area contributed by atoms with Crippen LogP contribution < -0.4 is 10.1 Å². The number of nitrogens with one attached hydrogen (secondary N) is 1. The number of carbonyl (C=O) groups excluding carboxylic acids is 1. The van der Waals surface area contributed by atoms with Crippen molar-refractivity contribution in [3.63, 3.8) is 0 Å². The summed E-state index contributed by atoms with van der Waals surface area (Å²) in [6, 6.07) is 17.0. The zero-order valence-corrected chi connectivity index (χ0v) is 17.6. The quantitative estimate of drug-likeness (QED) is 0.435. The van der Waals surface area contributed by atoms with E-state index in [0.717, 1.165) is 32.3 Å². The number of furan rings is 1. The van der Waals surface area contributed by atoms with Crippen LogP contribution in [0.5, 0.6) is 5.75 Å². The first kappa shape index (κ1) is 19.2. The van der Waals surface area contributed by atoms with Gasteiger partial charge in [-0.3, -0.25) is 4.79 Å². The second-order valence-corrected chi connectivity index (χ2v) is 7.58. The molecular formula is C23H19BrN2O3. The fraction of sp³-hybridized carbons (Fsp3) is 0.130. The molecule has 6 heteroatoms. The van der Waals surface area contributed by atoms with Gasteiger partial charge in [0.05, 0.1) is 36.7 Å². The van der Waals surface area contributed by atoms with E-state index in [-0.39, 0.29) is 5.91 Å². The van der Waals surface area contributed by atoms with Crippen LogP contribution in [0.3, 0.4) is 0 Å². The fourth-order valence-electron chi connectivity index (χ4n) is 3.25. The second-order valence-electron chi connectivity index (χ2n) is 6.67. The summed E-state index contributed by atoms with van der Waals surface area (Å²) in [5, 5.41) is 3.73. The number of rotatable bonds is 5. The van der Waals surface area contributed by atoms with Crippen molar-refractivity contribution in [3.8, 4) is 17.0 Å². The summed E-state index contributed by atoms with van der Waals surface area (Å²) in [6.07, 6.45) is 1.59. The van der Waals surface area contributed by atoms with Crippen molar-refractivity contribution >= 4 is 32.7 Å². The van der Waals surface area contributed by atoms with Gasteiger partial charge in [-0.2, -0.15) is 0 Å². The van der Waals surface area contributed by atoms with Crippen LogP contribution in [0.25, 0.3) is 22.2 Å². The van der Waals surface area contributed by atoms with Gasteiger partial charge < -0.3 is 14.5 Å². The smallest absolute Gasteiger partial charge is 0.252 e. The molecular weight excluding hydrogens is 432 g/mol. The minimum atomic E-state index is -0.185. The lowest BCUT2D eigenvalue weighted by molar-refractivity contribution is 0.0949. The lowest BCUT2D eigenvalue weighted by Crippen LogP contribution is -2.23. The normalized spacial score (nSPS) is 10.9. The Morgan fingerprint density at radius 1 is 1.17 bits per heavy atom. The van der Waals surface area contributed by atoms with Gasteiger partial charge in [-0.15, -0.1) is 0 Å². The molecule has 146 valence electrons.